The molecule has 1 aliphatic rings. The Balaban J connectivity index is 1.70. The monoisotopic (exact) mass is 474 g/mol. The van der Waals surface area contributed by atoms with E-state index in [0.717, 1.165) is 0 Å². The van der Waals surface area contributed by atoms with Gasteiger partial charge >= 0.3 is 0 Å². The van der Waals surface area contributed by atoms with Gasteiger partial charge in [-0.05, 0) is 48.9 Å². The number of hydrogen-bond donors (Lipinski definition) is 0. The second-order valence-electron chi connectivity index (χ2n) is 11.6. The van der Waals surface area contributed by atoms with E-state index in [2.05, 4.69) is 64.1 Å². The number of rotatable bonds is 18. The molecule has 0 saturated carbocycles. The average molecular weight is 475 g/mol. The van der Waals surface area contributed by atoms with E-state index in [-0.39, 0.29) is 5.41 Å². The third-order valence-electron chi connectivity index (χ3n) is 8.59. The molecule has 0 atom stereocenters. The zero-order valence-electron chi connectivity index (χ0n) is 23.7. The second kappa shape index (κ2) is 14.9. The zero-order chi connectivity index (χ0) is 24.9. The summed E-state index contributed by atoms with van der Waals surface area (Å²) < 4.78 is 0. The fourth-order valence-corrected chi connectivity index (χ4v) is 6.51. The molecule has 0 spiro atoms. The fourth-order valence-electron chi connectivity index (χ4n) is 6.51. The summed E-state index contributed by atoms with van der Waals surface area (Å²) in [5.41, 5.74) is 9.39. The first-order valence-corrected chi connectivity index (χ1v) is 15.3. The molecule has 0 aromatic heterocycles. The molecular weight excluding hydrogens is 420 g/mol. The molecule has 0 saturated heterocycles. The lowest BCUT2D eigenvalue weighted by Gasteiger charge is -2.33. The van der Waals surface area contributed by atoms with Gasteiger partial charge in [0, 0.05) is 5.41 Å². The Labute approximate surface area is 218 Å². The van der Waals surface area contributed by atoms with Crippen molar-refractivity contribution in [1.82, 2.24) is 0 Å². The van der Waals surface area contributed by atoms with Crippen molar-refractivity contribution in [2.24, 2.45) is 0 Å². The van der Waals surface area contributed by atoms with Crippen LogP contribution in [0.5, 0.6) is 0 Å². The molecule has 1 aliphatic carbocycles. The van der Waals surface area contributed by atoms with Crippen LogP contribution in [0.2, 0.25) is 0 Å². The molecule has 35 heavy (non-hydrogen) atoms. The first kappa shape index (κ1) is 28.0. The first-order valence-electron chi connectivity index (χ1n) is 15.3. The largest absolute Gasteiger partial charge is 0.0654 e. The van der Waals surface area contributed by atoms with Crippen LogP contribution < -0.4 is 0 Å². The molecule has 0 fully saturated rings. The van der Waals surface area contributed by atoms with Gasteiger partial charge in [-0.1, -0.05) is 164 Å². The van der Waals surface area contributed by atoms with Crippen LogP contribution >= 0.6 is 0 Å². The molecule has 0 bridgehead atoms. The van der Waals surface area contributed by atoms with Crippen molar-refractivity contribution in [2.75, 3.05) is 0 Å². The Hall–Kier alpha value is -1.56. The third-order valence-corrected chi connectivity index (χ3v) is 8.59. The van der Waals surface area contributed by atoms with Gasteiger partial charge in [0.25, 0.3) is 0 Å². The maximum atomic E-state index is 2.54. The van der Waals surface area contributed by atoms with Crippen LogP contribution in [0, 0.1) is 13.8 Å². The van der Waals surface area contributed by atoms with E-state index in [4.69, 9.17) is 0 Å². The van der Waals surface area contributed by atoms with Crippen molar-refractivity contribution in [1.29, 1.82) is 0 Å². The summed E-state index contributed by atoms with van der Waals surface area (Å²) in [6, 6.07) is 14.6. The van der Waals surface area contributed by atoms with E-state index in [0.29, 0.717) is 0 Å². The van der Waals surface area contributed by atoms with E-state index in [1.165, 1.54) is 138 Å². The topological polar surface area (TPSA) is 0 Å². The summed E-state index contributed by atoms with van der Waals surface area (Å²) in [4.78, 5) is 0. The second-order valence-corrected chi connectivity index (χ2v) is 11.6. The Bertz CT molecular complexity index is 800. The molecule has 0 radical (unpaired) electrons. The van der Waals surface area contributed by atoms with Gasteiger partial charge in [-0.2, -0.15) is 0 Å². The normalized spacial score (nSPS) is 13.7. The lowest BCUT2D eigenvalue weighted by molar-refractivity contribution is 0.397. The highest BCUT2D eigenvalue weighted by Crippen LogP contribution is 2.54. The Morgan fingerprint density at radius 3 is 1.17 bits per heavy atom. The minimum absolute atomic E-state index is 0.229. The summed E-state index contributed by atoms with van der Waals surface area (Å²) in [5, 5.41) is 0. The van der Waals surface area contributed by atoms with Crippen LogP contribution in [-0.2, 0) is 5.41 Å². The summed E-state index contributed by atoms with van der Waals surface area (Å²) in [6.45, 7) is 9.19. The molecule has 0 N–H and O–H groups in total. The van der Waals surface area contributed by atoms with Crippen molar-refractivity contribution >= 4 is 0 Å². The molecule has 0 nitrogen and oxygen atoms in total. The average Bonchev–Trinajstić information content (AvgIpc) is 3.11. The molecule has 0 unspecified atom stereocenters. The third kappa shape index (κ3) is 7.71. The number of benzene rings is 2. The maximum Gasteiger partial charge on any atom is 0.0215 e. The van der Waals surface area contributed by atoms with Crippen molar-refractivity contribution in [3.05, 3.63) is 58.7 Å². The Kier molecular flexibility index (Phi) is 11.9. The highest BCUT2D eigenvalue weighted by atomic mass is 14.4. The van der Waals surface area contributed by atoms with E-state index >= 15 is 0 Å². The molecule has 2 aromatic carbocycles. The van der Waals surface area contributed by atoms with Crippen molar-refractivity contribution in [2.45, 2.75) is 149 Å². The van der Waals surface area contributed by atoms with Gasteiger partial charge in [0.15, 0.2) is 0 Å². The Morgan fingerprint density at radius 1 is 0.457 bits per heavy atom. The van der Waals surface area contributed by atoms with E-state index in [1.54, 1.807) is 11.1 Å². The molecule has 0 heteroatoms. The van der Waals surface area contributed by atoms with Gasteiger partial charge < -0.3 is 0 Å². The van der Waals surface area contributed by atoms with Crippen LogP contribution in [0.25, 0.3) is 11.1 Å². The van der Waals surface area contributed by atoms with Crippen molar-refractivity contribution < 1.29 is 0 Å². The van der Waals surface area contributed by atoms with Crippen LogP contribution in [-0.4, -0.2) is 0 Å². The van der Waals surface area contributed by atoms with Crippen LogP contribution in [0.3, 0.4) is 0 Å². The predicted molar refractivity (Wildman–Crippen MR) is 157 cm³/mol. The van der Waals surface area contributed by atoms with Crippen LogP contribution in [0.1, 0.15) is 152 Å². The summed E-state index contributed by atoms with van der Waals surface area (Å²) >= 11 is 0. The number of hydrogen-bond acceptors (Lipinski definition) is 0. The highest BCUT2D eigenvalue weighted by molar-refractivity contribution is 5.81. The molecule has 194 valence electrons. The lowest BCUT2D eigenvalue weighted by Crippen LogP contribution is -2.25. The Morgan fingerprint density at radius 2 is 0.800 bits per heavy atom. The summed E-state index contributed by atoms with van der Waals surface area (Å²) in [7, 11) is 0. The molecule has 0 aliphatic heterocycles. The molecule has 2 aromatic rings. The maximum absolute atomic E-state index is 2.54. The van der Waals surface area contributed by atoms with Gasteiger partial charge in [-0.25, -0.2) is 0 Å². The summed E-state index contributed by atoms with van der Waals surface area (Å²) in [6.07, 6.45) is 25.1. The fraction of sp³-hybridized carbons (Fsp3) is 0.657. The van der Waals surface area contributed by atoms with Gasteiger partial charge in [0.05, 0.1) is 0 Å². The minimum atomic E-state index is 0.229. The van der Waals surface area contributed by atoms with Crippen LogP contribution in [0.15, 0.2) is 36.4 Å². The minimum Gasteiger partial charge on any atom is -0.0654 e. The highest BCUT2D eigenvalue weighted by Gasteiger charge is 2.42. The van der Waals surface area contributed by atoms with Crippen LogP contribution in [0.4, 0.5) is 0 Å². The van der Waals surface area contributed by atoms with Gasteiger partial charge in [0.2, 0.25) is 0 Å². The van der Waals surface area contributed by atoms with Gasteiger partial charge in [-0.3, -0.25) is 0 Å². The van der Waals surface area contributed by atoms with Crippen molar-refractivity contribution in [3.8, 4) is 11.1 Å². The molecule has 0 heterocycles. The van der Waals surface area contributed by atoms with Gasteiger partial charge in [0.1, 0.15) is 0 Å². The number of unbranched alkanes of at least 4 members (excludes halogenated alkanes) is 14. The number of aryl methyl sites for hydroxylation is 2. The predicted octanol–water partition coefficient (Wildman–Crippen LogP) is 11.6. The number of fused-ring (bicyclic) bond motifs is 3. The standard InChI is InChI=1S/C35H54/c1-5-7-9-11-13-15-17-19-25-35(26-20-18-16-14-12-10-8-6-2)33-27-29(3)21-23-31(33)32-24-22-30(4)28-34(32)35/h21-24,27-28H,5-20,25-26H2,1-4H3. The SMILES string of the molecule is CCCCCCCCCCC1(CCCCCCCCCC)c2cc(C)ccc2-c2ccc(C)cc21. The quantitative estimate of drug-likeness (QED) is 0.188. The molecular formula is C35H54. The molecule has 0 amide bonds. The van der Waals surface area contributed by atoms with E-state index in [9.17, 15) is 0 Å². The van der Waals surface area contributed by atoms with E-state index in [1.807, 2.05) is 0 Å². The smallest absolute Gasteiger partial charge is 0.0215 e. The van der Waals surface area contributed by atoms with Crippen molar-refractivity contribution in [3.63, 3.8) is 0 Å². The first-order chi connectivity index (χ1) is 17.1. The lowest BCUT2D eigenvalue weighted by atomic mass is 9.70. The zero-order valence-corrected chi connectivity index (χ0v) is 23.7. The summed E-state index contributed by atoms with van der Waals surface area (Å²) in [5.74, 6) is 0. The van der Waals surface area contributed by atoms with Gasteiger partial charge in [-0.15, -0.1) is 0 Å². The molecule has 3 rings (SSSR count). The van der Waals surface area contributed by atoms with E-state index < -0.39 is 0 Å².